The number of guanidine groups is 2. The lowest BCUT2D eigenvalue weighted by Gasteiger charge is -2.40. The van der Waals surface area contributed by atoms with E-state index in [1.807, 2.05) is 0 Å². The zero-order valence-electron chi connectivity index (χ0n) is 19.5. The second kappa shape index (κ2) is 8.11. The number of hydrogen-bond donors (Lipinski definition) is 0. The largest absolute Gasteiger partial charge is 0.342 e. The zero-order chi connectivity index (χ0) is 22.5. The topological polar surface area (TPSA) is 63.5 Å². The van der Waals surface area contributed by atoms with E-state index in [4.69, 9.17) is 20.0 Å². The highest BCUT2D eigenvalue weighted by Gasteiger charge is 2.29. The van der Waals surface area contributed by atoms with Crippen molar-refractivity contribution in [1.29, 1.82) is 0 Å². The molecule has 8 nitrogen and oxygen atoms in total. The van der Waals surface area contributed by atoms with Gasteiger partial charge in [-0.1, -0.05) is 12.1 Å². The summed E-state index contributed by atoms with van der Waals surface area (Å²) in [5, 5.41) is 2.24. The summed E-state index contributed by atoms with van der Waals surface area (Å²) in [4.78, 5) is 29.5. The molecule has 4 aliphatic heterocycles. The molecule has 174 valence electrons. The Morgan fingerprint density at radius 1 is 0.500 bits per heavy atom. The van der Waals surface area contributed by atoms with E-state index in [1.54, 1.807) is 0 Å². The molecule has 0 amide bonds. The number of rotatable bonds is 2. The molecule has 6 heterocycles. The molecule has 34 heavy (non-hydrogen) atoms. The Kier molecular flexibility index (Phi) is 4.77. The van der Waals surface area contributed by atoms with Crippen LogP contribution in [0.3, 0.4) is 0 Å². The summed E-state index contributed by atoms with van der Waals surface area (Å²) < 4.78 is 0. The van der Waals surface area contributed by atoms with Gasteiger partial charge in [-0.25, -0.2) is 9.97 Å². The van der Waals surface area contributed by atoms with Gasteiger partial charge in [0.05, 0.1) is 11.0 Å². The predicted molar refractivity (Wildman–Crippen MR) is 138 cm³/mol. The highest BCUT2D eigenvalue weighted by Crippen LogP contribution is 2.30. The molecular weight excluding hydrogens is 424 g/mol. The van der Waals surface area contributed by atoms with Crippen LogP contribution in [0.5, 0.6) is 0 Å². The van der Waals surface area contributed by atoms with E-state index in [-0.39, 0.29) is 0 Å². The number of pyridine rings is 2. The molecule has 0 N–H and O–H groups in total. The van der Waals surface area contributed by atoms with Crippen LogP contribution in [0.2, 0.25) is 0 Å². The van der Waals surface area contributed by atoms with Crippen molar-refractivity contribution in [3.63, 3.8) is 0 Å². The SMILES string of the molecule is c1cc2ccc3ccc(N4CCCN5CCCN=C54)nc3c2nc1N1CCCN2CCCN=C21. The minimum absolute atomic E-state index is 0.903. The second-order valence-electron chi connectivity index (χ2n) is 9.60. The molecule has 3 aromatic rings. The number of hydrogen-bond acceptors (Lipinski definition) is 8. The molecule has 2 aromatic heterocycles. The number of aliphatic imine (C=N–C) groups is 2. The molecule has 0 bridgehead atoms. The molecule has 0 aliphatic carbocycles. The van der Waals surface area contributed by atoms with Crippen LogP contribution in [0, 0.1) is 0 Å². The Bertz CT molecular complexity index is 1210. The van der Waals surface area contributed by atoms with Gasteiger partial charge in [0.1, 0.15) is 11.6 Å². The molecule has 0 unspecified atom stereocenters. The first-order valence-corrected chi connectivity index (χ1v) is 12.7. The van der Waals surface area contributed by atoms with Gasteiger partial charge < -0.3 is 9.80 Å². The number of anilines is 2. The zero-order valence-corrected chi connectivity index (χ0v) is 19.5. The molecule has 2 saturated heterocycles. The third kappa shape index (κ3) is 3.27. The van der Waals surface area contributed by atoms with Crippen LogP contribution in [0.1, 0.15) is 25.7 Å². The van der Waals surface area contributed by atoms with Gasteiger partial charge in [-0.05, 0) is 49.9 Å². The van der Waals surface area contributed by atoms with Crippen molar-refractivity contribution < 1.29 is 0 Å². The lowest BCUT2D eigenvalue weighted by atomic mass is 10.1. The van der Waals surface area contributed by atoms with Gasteiger partial charge in [0.2, 0.25) is 11.9 Å². The Morgan fingerprint density at radius 2 is 0.941 bits per heavy atom. The van der Waals surface area contributed by atoms with Gasteiger partial charge in [0.25, 0.3) is 0 Å². The average Bonchev–Trinajstić information content (AvgIpc) is 2.92. The van der Waals surface area contributed by atoms with Crippen LogP contribution >= 0.6 is 0 Å². The summed E-state index contributed by atoms with van der Waals surface area (Å²) in [5.74, 6) is 4.11. The Morgan fingerprint density at radius 3 is 1.44 bits per heavy atom. The van der Waals surface area contributed by atoms with Crippen LogP contribution in [0.4, 0.5) is 11.6 Å². The summed E-state index contributed by atoms with van der Waals surface area (Å²) in [5.41, 5.74) is 1.93. The minimum atomic E-state index is 0.903. The second-order valence-corrected chi connectivity index (χ2v) is 9.60. The first-order valence-electron chi connectivity index (χ1n) is 12.7. The molecule has 0 atom stereocenters. The monoisotopic (exact) mass is 454 g/mol. The molecule has 0 radical (unpaired) electrons. The van der Waals surface area contributed by atoms with E-state index in [0.29, 0.717) is 0 Å². The standard InChI is InChI=1S/C26H30N8/c1-11-27-25-31(13-1)15-3-17-33(25)21-9-7-19-5-6-20-8-10-22(30-24(20)23(19)29-21)34-18-4-16-32-14-2-12-28-26(32)34/h5-10H,1-4,11-18H2. The quantitative estimate of drug-likeness (QED) is 0.554. The summed E-state index contributed by atoms with van der Waals surface area (Å²) >= 11 is 0. The molecule has 0 saturated carbocycles. The molecule has 2 fully saturated rings. The molecule has 7 rings (SSSR count). The molecule has 0 spiro atoms. The van der Waals surface area contributed by atoms with Gasteiger partial charge in [0.15, 0.2) is 0 Å². The van der Waals surface area contributed by atoms with E-state index < -0.39 is 0 Å². The molecule has 8 heteroatoms. The van der Waals surface area contributed by atoms with E-state index in [2.05, 4.69) is 56.0 Å². The minimum Gasteiger partial charge on any atom is -0.342 e. The summed E-state index contributed by atoms with van der Waals surface area (Å²) in [6.07, 6.45) is 4.53. The number of benzene rings is 1. The highest BCUT2D eigenvalue weighted by atomic mass is 15.4. The van der Waals surface area contributed by atoms with Gasteiger partial charge in [0, 0.05) is 63.1 Å². The highest BCUT2D eigenvalue weighted by molar-refractivity contribution is 6.06. The van der Waals surface area contributed by atoms with Crippen molar-refractivity contribution in [1.82, 2.24) is 19.8 Å². The van der Waals surface area contributed by atoms with Crippen LogP contribution in [0.15, 0.2) is 46.4 Å². The molecule has 1 aromatic carbocycles. The first-order chi connectivity index (χ1) is 16.8. The average molecular weight is 455 g/mol. The van der Waals surface area contributed by atoms with Crippen molar-refractivity contribution in [2.24, 2.45) is 9.98 Å². The molecule has 4 aliphatic rings. The maximum absolute atomic E-state index is 5.18. The fraction of sp³-hybridized carbons (Fsp3) is 0.462. The normalized spacial score (nSPS) is 20.8. The fourth-order valence-corrected chi connectivity index (χ4v) is 5.74. The first kappa shape index (κ1) is 20.0. The van der Waals surface area contributed by atoms with Gasteiger partial charge in [-0.15, -0.1) is 0 Å². The van der Waals surface area contributed by atoms with E-state index in [9.17, 15) is 0 Å². The Balaban J connectivity index is 1.33. The van der Waals surface area contributed by atoms with Crippen molar-refractivity contribution >= 4 is 45.4 Å². The van der Waals surface area contributed by atoms with Gasteiger partial charge >= 0.3 is 0 Å². The lowest BCUT2D eigenvalue weighted by molar-refractivity contribution is 0.359. The van der Waals surface area contributed by atoms with Crippen LogP contribution < -0.4 is 9.80 Å². The smallest absolute Gasteiger partial charge is 0.202 e. The van der Waals surface area contributed by atoms with E-state index in [0.717, 1.165) is 123 Å². The van der Waals surface area contributed by atoms with Crippen LogP contribution in [-0.4, -0.2) is 84.0 Å². The lowest BCUT2D eigenvalue weighted by Crippen LogP contribution is -2.52. The van der Waals surface area contributed by atoms with Gasteiger partial charge in [-0.2, -0.15) is 0 Å². The fourth-order valence-electron chi connectivity index (χ4n) is 5.74. The third-order valence-corrected chi connectivity index (χ3v) is 7.39. The Labute approximate surface area is 199 Å². The number of nitrogens with zero attached hydrogens (tertiary/aromatic N) is 8. The van der Waals surface area contributed by atoms with Crippen molar-refractivity contribution in [2.75, 3.05) is 62.2 Å². The summed E-state index contributed by atoms with van der Waals surface area (Å²) in [6.45, 7) is 8.09. The van der Waals surface area contributed by atoms with E-state index in [1.165, 1.54) is 0 Å². The van der Waals surface area contributed by atoms with Gasteiger partial charge in [-0.3, -0.25) is 19.8 Å². The summed E-state index contributed by atoms with van der Waals surface area (Å²) in [7, 11) is 0. The maximum Gasteiger partial charge on any atom is 0.202 e. The van der Waals surface area contributed by atoms with Crippen molar-refractivity contribution in [3.8, 4) is 0 Å². The Hall–Kier alpha value is -3.42. The maximum atomic E-state index is 5.18. The number of fused-ring (bicyclic) bond motifs is 5. The van der Waals surface area contributed by atoms with Crippen molar-refractivity contribution in [3.05, 3.63) is 36.4 Å². The third-order valence-electron chi connectivity index (χ3n) is 7.39. The van der Waals surface area contributed by atoms with Crippen LogP contribution in [-0.2, 0) is 0 Å². The molecular formula is C26H30N8. The summed E-state index contributed by atoms with van der Waals surface area (Å²) in [6, 6.07) is 13.0. The van der Waals surface area contributed by atoms with Crippen LogP contribution in [0.25, 0.3) is 21.8 Å². The van der Waals surface area contributed by atoms with Crippen molar-refractivity contribution in [2.45, 2.75) is 25.7 Å². The number of aromatic nitrogens is 2. The predicted octanol–water partition coefficient (Wildman–Crippen LogP) is 3.33. The van der Waals surface area contributed by atoms with E-state index >= 15 is 0 Å².